The van der Waals surface area contributed by atoms with Gasteiger partial charge in [0.15, 0.2) is 29.5 Å². The summed E-state index contributed by atoms with van der Waals surface area (Å²) in [5.74, 6) is -1.37. The first-order valence-corrected chi connectivity index (χ1v) is 8.16. The highest BCUT2D eigenvalue weighted by Gasteiger charge is 2.57. The van der Waals surface area contributed by atoms with Gasteiger partial charge in [-0.2, -0.15) is 0 Å². The van der Waals surface area contributed by atoms with Crippen LogP contribution >= 0.6 is 22.6 Å². The first kappa shape index (κ1) is 15.7. The van der Waals surface area contributed by atoms with E-state index in [4.69, 9.17) is 23.7 Å². The molecule has 4 atom stereocenters. The van der Waals surface area contributed by atoms with E-state index in [9.17, 15) is 4.79 Å². The number of ketones is 1. The molecule has 0 saturated carbocycles. The maximum atomic E-state index is 12.3. The monoisotopic (exact) mass is 410 g/mol. The Morgan fingerprint density at radius 1 is 1.10 bits per heavy atom. The van der Waals surface area contributed by atoms with Gasteiger partial charge in [0.05, 0.1) is 6.61 Å². The summed E-state index contributed by atoms with van der Waals surface area (Å²) in [6, 6.07) is 0. The summed E-state index contributed by atoms with van der Waals surface area (Å²) in [5, 5.41) is 0. The second-order valence-electron chi connectivity index (χ2n) is 6.31. The van der Waals surface area contributed by atoms with Gasteiger partial charge in [0, 0.05) is 4.08 Å². The van der Waals surface area contributed by atoms with E-state index < -0.39 is 29.9 Å². The van der Waals surface area contributed by atoms with Crippen LogP contribution in [-0.2, 0) is 28.5 Å². The fourth-order valence-corrected chi connectivity index (χ4v) is 3.34. The van der Waals surface area contributed by atoms with Crippen molar-refractivity contribution < 1.29 is 28.5 Å². The Kier molecular flexibility index (Phi) is 3.85. The number of carbonyl (C=O) groups excluding carboxylic acids is 1. The molecule has 3 aliphatic heterocycles. The van der Waals surface area contributed by atoms with Crippen LogP contribution in [0.2, 0.25) is 0 Å². The van der Waals surface area contributed by atoms with E-state index in [1.165, 1.54) is 0 Å². The molecule has 6 nitrogen and oxygen atoms in total. The number of rotatable bonds is 1. The third-order valence-corrected chi connectivity index (χ3v) is 4.28. The predicted octanol–water partition coefficient (Wildman–Crippen LogP) is 1.90. The quantitative estimate of drug-likeness (QED) is 0.486. The zero-order chi connectivity index (χ0) is 15.4. The molecule has 0 N–H and O–H groups in total. The molecule has 0 radical (unpaired) electrons. The average molecular weight is 410 g/mol. The summed E-state index contributed by atoms with van der Waals surface area (Å²) < 4.78 is 30.5. The summed E-state index contributed by atoms with van der Waals surface area (Å²) >= 11 is 1.99. The molecular formula is C14H19IO6. The lowest BCUT2D eigenvalue weighted by Gasteiger charge is -2.35. The molecular weight excluding hydrogens is 391 g/mol. The number of hydrogen-bond acceptors (Lipinski definition) is 6. The minimum atomic E-state index is -0.817. The molecule has 0 spiro atoms. The summed E-state index contributed by atoms with van der Waals surface area (Å²) in [6.45, 7) is 7.68. The zero-order valence-electron chi connectivity index (χ0n) is 12.4. The van der Waals surface area contributed by atoms with Gasteiger partial charge >= 0.3 is 0 Å². The van der Waals surface area contributed by atoms with Gasteiger partial charge in [0.25, 0.3) is 0 Å². The molecule has 21 heavy (non-hydrogen) atoms. The van der Waals surface area contributed by atoms with E-state index in [-0.39, 0.29) is 17.6 Å². The highest BCUT2D eigenvalue weighted by molar-refractivity contribution is 14.1. The predicted molar refractivity (Wildman–Crippen MR) is 80.7 cm³/mol. The molecule has 3 rings (SSSR count). The van der Waals surface area contributed by atoms with E-state index in [0.29, 0.717) is 6.61 Å². The largest absolute Gasteiger partial charge is 0.480 e. The molecule has 0 aromatic rings. The molecule has 3 heterocycles. The van der Waals surface area contributed by atoms with Gasteiger partial charge in [-0.05, 0) is 50.3 Å². The number of halogens is 1. The van der Waals surface area contributed by atoms with E-state index in [2.05, 4.69) is 0 Å². The Labute approximate surface area is 137 Å². The smallest absolute Gasteiger partial charge is 0.229 e. The third kappa shape index (κ3) is 2.86. The van der Waals surface area contributed by atoms with Gasteiger partial charge < -0.3 is 23.7 Å². The second-order valence-corrected chi connectivity index (χ2v) is 6.93. The van der Waals surface area contributed by atoms with Crippen molar-refractivity contribution >= 4 is 28.4 Å². The fourth-order valence-electron chi connectivity index (χ4n) is 2.89. The molecule has 0 aliphatic carbocycles. The Balaban J connectivity index is 1.87. The van der Waals surface area contributed by atoms with E-state index >= 15 is 0 Å². The van der Waals surface area contributed by atoms with Crippen molar-refractivity contribution in [2.75, 3.05) is 6.61 Å². The van der Waals surface area contributed by atoms with Crippen LogP contribution in [-0.4, -0.2) is 48.4 Å². The van der Waals surface area contributed by atoms with Crippen LogP contribution in [0.15, 0.2) is 9.84 Å². The Bertz CT molecular complexity index is 486. The first-order valence-electron chi connectivity index (χ1n) is 6.91. The van der Waals surface area contributed by atoms with Crippen molar-refractivity contribution in [2.45, 2.75) is 63.7 Å². The van der Waals surface area contributed by atoms with Crippen LogP contribution in [0.4, 0.5) is 0 Å². The summed E-state index contributed by atoms with van der Waals surface area (Å²) in [6.07, 6.45) is -1.89. The van der Waals surface area contributed by atoms with Crippen molar-refractivity contribution in [2.24, 2.45) is 0 Å². The minimum Gasteiger partial charge on any atom is -0.480 e. The molecule has 3 saturated heterocycles. The van der Waals surface area contributed by atoms with Crippen LogP contribution < -0.4 is 0 Å². The van der Waals surface area contributed by atoms with Crippen molar-refractivity contribution in [1.29, 1.82) is 0 Å². The van der Waals surface area contributed by atoms with Gasteiger partial charge in [-0.1, -0.05) is 0 Å². The van der Waals surface area contributed by atoms with Crippen LogP contribution in [0.1, 0.15) is 27.7 Å². The van der Waals surface area contributed by atoms with E-state index in [1.807, 2.05) is 36.4 Å². The lowest BCUT2D eigenvalue weighted by atomic mass is 9.96. The van der Waals surface area contributed by atoms with Crippen molar-refractivity contribution in [3.8, 4) is 0 Å². The number of carbonyl (C=O) groups is 1. The SMILES string of the molecule is CC1(C)OC[C@@H]([C@H]2O/C(=C\I)C(=O)[C@H]3OC(C)(C)O[C@@H]23)O1. The Morgan fingerprint density at radius 2 is 1.81 bits per heavy atom. The minimum absolute atomic E-state index is 0.186. The van der Waals surface area contributed by atoms with Crippen molar-refractivity contribution in [3.63, 3.8) is 0 Å². The van der Waals surface area contributed by atoms with Crippen LogP contribution in [0.3, 0.4) is 0 Å². The zero-order valence-corrected chi connectivity index (χ0v) is 14.6. The molecule has 0 amide bonds. The molecule has 3 aliphatic rings. The lowest BCUT2D eigenvalue weighted by Crippen LogP contribution is -2.53. The van der Waals surface area contributed by atoms with Crippen molar-refractivity contribution in [1.82, 2.24) is 0 Å². The Morgan fingerprint density at radius 3 is 2.38 bits per heavy atom. The number of Topliss-reactive ketones (excluding diaryl/α,β-unsaturated/α-hetero) is 1. The fraction of sp³-hybridized carbons (Fsp3) is 0.786. The maximum Gasteiger partial charge on any atom is 0.229 e. The molecule has 0 aromatic carbocycles. The first-order chi connectivity index (χ1) is 9.72. The van der Waals surface area contributed by atoms with Gasteiger partial charge in [0.2, 0.25) is 5.78 Å². The third-order valence-electron chi connectivity index (χ3n) is 3.71. The number of ether oxygens (including phenoxy) is 5. The summed E-state index contributed by atoms with van der Waals surface area (Å²) in [5.41, 5.74) is 0. The maximum absolute atomic E-state index is 12.3. The normalized spacial score (nSPS) is 42.9. The highest BCUT2D eigenvalue weighted by Crippen LogP contribution is 2.40. The van der Waals surface area contributed by atoms with E-state index in [0.717, 1.165) is 0 Å². The van der Waals surface area contributed by atoms with Crippen LogP contribution in [0, 0.1) is 0 Å². The molecule has 0 unspecified atom stereocenters. The number of hydrogen-bond donors (Lipinski definition) is 0. The van der Waals surface area contributed by atoms with Crippen LogP contribution in [0.25, 0.3) is 0 Å². The van der Waals surface area contributed by atoms with Gasteiger partial charge in [-0.3, -0.25) is 4.79 Å². The molecule has 0 bridgehead atoms. The molecule has 118 valence electrons. The molecule has 3 fully saturated rings. The van der Waals surface area contributed by atoms with Gasteiger partial charge in [0.1, 0.15) is 12.2 Å². The summed E-state index contributed by atoms with van der Waals surface area (Å²) in [4.78, 5) is 12.3. The van der Waals surface area contributed by atoms with Gasteiger partial charge in [-0.15, -0.1) is 0 Å². The highest BCUT2D eigenvalue weighted by atomic mass is 127. The summed E-state index contributed by atoms with van der Waals surface area (Å²) in [7, 11) is 0. The molecule has 7 heteroatoms. The van der Waals surface area contributed by atoms with Crippen LogP contribution in [0.5, 0.6) is 0 Å². The topological polar surface area (TPSA) is 63.2 Å². The lowest BCUT2D eigenvalue weighted by molar-refractivity contribution is -0.182. The molecule has 0 aromatic heterocycles. The van der Waals surface area contributed by atoms with Gasteiger partial charge in [-0.25, -0.2) is 0 Å². The van der Waals surface area contributed by atoms with E-state index in [1.54, 1.807) is 17.9 Å². The second kappa shape index (κ2) is 5.16. The van der Waals surface area contributed by atoms with Crippen molar-refractivity contribution in [3.05, 3.63) is 9.84 Å². The standard InChI is InChI=1S/C14H19IO6/c1-13(2)17-6-8(19-13)10-12-11(20-14(3,4)21-12)9(16)7(5-15)18-10/h5,8,10-12H,6H2,1-4H3/b7-5-/t8-,10+,11+,12-/m0/s1. The number of fused-ring (bicyclic) bond motifs is 1. The Hall–Kier alpha value is -0.220. The average Bonchev–Trinajstić information content (AvgIpc) is 2.89.